The normalized spacial score (nSPS) is 26.0. The third-order valence-electron chi connectivity index (χ3n) is 6.23. The summed E-state index contributed by atoms with van der Waals surface area (Å²) >= 11 is 0. The number of hydrogen-bond acceptors (Lipinski definition) is 6. The first-order chi connectivity index (χ1) is 16.1. The molecule has 0 radical (unpaired) electrons. The molecule has 5 rings (SSSR count). The summed E-state index contributed by atoms with van der Waals surface area (Å²) in [6.07, 6.45) is -0.187. The molecule has 3 heterocycles. The highest BCUT2D eigenvalue weighted by atomic mass is 16.7. The Labute approximate surface area is 190 Å². The van der Waals surface area contributed by atoms with Crippen LogP contribution < -0.4 is 11.2 Å². The van der Waals surface area contributed by atoms with Crippen LogP contribution in [0.1, 0.15) is 22.9 Å². The number of aryl methyl sites for hydroxylation is 1. The third-order valence-corrected chi connectivity index (χ3v) is 6.23. The molecule has 4 atom stereocenters. The maximum absolute atomic E-state index is 12.5. The molecular weight excluding hydrogens is 424 g/mol. The summed E-state index contributed by atoms with van der Waals surface area (Å²) in [5, 5.41) is 0. The van der Waals surface area contributed by atoms with Crippen LogP contribution in [0, 0.1) is 6.92 Å². The van der Waals surface area contributed by atoms with Gasteiger partial charge in [-0.25, -0.2) is 4.79 Å². The zero-order valence-corrected chi connectivity index (χ0v) is 18.3. The minimum atomic E-state index is -0.763. The lowest BCUT2D eigenvalue weighted by Crippen LogP contribution is -2.64. The van der Waals surface area contributed by atoms with Crippen molar-refractivity contribution in [3.63, 3.8) is 0 Å². The summed E-state index contributed by atoms with van der Waals surface area (Å²) < 4.78 is 26.0. The van der Waals surface area contributed by atoms with Crippen molar-refractivity contribution in [2.24, 2.45) is 0 Å². The van der Waals surface area contributed by atoms with E-state index in [0.29, 0.717) is 25.4 Å². The number of hydrogen-bond donors (Lipinski definition) is 1. The van der Waals surface area contributed by atoms with Crippen molar-refractivity contribution in [3.8, 4) is 0 Å². The first-order valence-electron chi connectivity index (χ1n) is 11.0. The number of nitrogens with zero attached hydrogens (tertiary/aromatic N) is 1. The van der Waals surface area contributed by atoms with Crippen LogP contribution in [0.15, 0.2) is 76.4 Å². The fourth-order valence-corrected chi connectivity index (χ4v) is 4.33. The minimum absolute atomic E-state index is 0.275. The molecule has 0 spiro atoms. The number of nitrogens with one attached hydrogen (secondary N) is 1. The highest BCUT2D eigenvalue weighted by Gasteiger charge is 2.66. The van der Waals surface area contributed by atoms with E-state index in [1.807, 2.05) is 60.7 Å². The largest absolute Gasteiger partial charge is 0.374 e. The smallest absolute Gasteiger partial charge is 0.330 e. The number of aromatic nitrogens is 2. The van der Waals surface area contributed by atoms with Crippen molar-refractivity contribution in [2.75, 3.05) is 13.2 Å². The number of benzene rings is 2. The SMILES string of the molecule is Cc1cn(C2OC(COCc3ccccc3)C3(OCc4ccccc4)COC23)c(=O)[nH]c1=O. The van der Waals surface area contributed by atoms with Crippen LogP contribution in [0.3, 0.4) is 0 Å². The molecule has 0 aliphatic carbocycles. The Hall–Kier alpha value is -3.04. The van der Waals surface area contributed by atoms with Crippen molar-refractivity contribution < 1.29 is 18.9 Å². The van der Waals surface area contributed by atoms with Gasteiger partial charge in [0.15, 0.2) is 11.8 Å². The van der Waals surface area contributed by atoms with Gasteiger partial charge < -0.3 is 18.9 Å². The average molecular weight is 450 g/mol. The van der Waals surface area contributed by atoms with Crippen molar-refractivity contribution in [3.05, 3.63) is 104 Å². The summed E-state index contributed by atoms with van der Waals surface area (Å²) in [5.41, 5.74) is 0.770. The van der Waals surface area contributed by atoms with Gasteiger partial charge in [0, 0.05) is 11.8 Å². The van der Waals surface area contributed by atoms with Crippen molar-refractivity contribution in [1.29, 1.82) is 0 Å². The standard InChI is InChI=1S/C25H26N2O6/c1-17-12-27(24(29)26-22(17)28)23-21-25(16-31-21,32-14-19-10-6-3-7-11-19)20(33-23)15-30-13-18-8-4-2-5-9-18/h2-12,20-21,23H,13-16H2,1H3,(H,26,28,29). The topological polar surface area (TPSA) is 91.8 Å². The van der Waals surface area contributed by atoms with Gasteiger partial charge >= 0.3 is 5.69 Å². The molecule has 0 amide bonds. The lowest BCUT2D eigenvalue weighted by molar-refractivity contribution is -0.267. The Morgan fingerprint density at radius 3 is 2.33 bits per heavy atom. The quantitative estimate of drug-likeness (QED) is 0.566. The molecule has 2 aliphatic heterocycles. The maximum Gasteiger partial charge on any atom is 0.330 e. The van der Waals surface area contributed by atoms with E-state index < -0.39 is 35.3 Å². The molecule has 1 N–H and O–H groups in total. The van der Waals surface area contributed by atoms with Gasteiger partial charge in [-0.1, -0.05) is 60.7 Å². The van der Waals surface area contributed by atoms with E-state index in [9.17, 15) is 9.59 Å². The van der Waals surface area contributed by atoms with Gasteiger partial charge in [0.05, 0.1) is 26.4 Å². The van der Waals surface area contributed by atoms with Crippen molar-refractivity contribution in [2.45, 2.75) is 44.2 Å². The highest BCUT2D eigenvalue weighted by molar-refractivity contribution is 5.17. The Bertz CT molecular complexity index is 1210. The zero-order chi connectivity index (χ0) is 22.8. The molecule has 1 aromatic heterocycles. The van der Waals surface area contributed by atoms with E-state index in [4.69, 9.17) is 18.9 Å². The van der Waals surface area contributed by atoms with Crippen LogP contribution >= 0.6 is 0 Å². The Balaban J connectivity index is 1.39. The average Bonchev–Trinajstić information content (AvgIpc) is 3.02. The Morgan fingerprint density at radius 1 is 1.03 bits per heavy atom. The Morgan fingerprint density at radius 2 is 1.70 bits per heavy atom. The molecule has 3 aromatic rings. The van der Waals surface area contributed by atoms with Crippen LogP contribution in [0.2, 0.25) is 0 Å². The van der Waals surface area contributed by atoms with Crippen LogP contribution in [0.25, 0.3) is 0 Å². The van der Waals surface area contributed by atoms with Crippen molar-refractivity contribution >= 4 is 0 Å². The molecule has 0 saturated carbocycles. The van der Waals surface area contributed by atoms with E-state index in [2.05, 4.69) is 4.98 Å². The molecule has 0 bridgehead atoms. The molecule has 4 unspecified atom stereocenters. The lowest BCUT2D eigenvalue weighted by Gasteiger charge is -2.46. The van der Waals surface area contributed by atoms with E-state index in [1.54, 1.807) is 6.92 Å². The summed E-state index contributed by atoms with van der Waals surface area (Å²) in [6, 6.07) is 19.8. The summed E-state index contributed by atoms with van der Waals surface area (Å²) in [4.78, 5) is 26.7. The molecule has 2 aromatic carbocycles. The molecule has 8 nitrogen and oxygen atoms in total. The number of H-pyrrole nitrogens is 1. The molecular formula is C25H26N2O6. The molecule has 2 saturated heterocycles. The number of fused-ring (bicyclic) bond motifs is 1. The van der Waals surface area contributed by atoms with Crippen LogP contribution in [0.4, 0.5) is 0 Å². The second-order valence-electron chi connectivity index (χ2n) is 8.46. The van der Waals surface area contributed by atoms with Crippen LogP contribution in [0.5, 0.6) is 0 Å². The van der Waals surface area contributed by atoms with Gasteiger partial charge in [0.2, 0.25) is 0 Å². The van der Waals surface area contributed by atoms with E-state index in [1.165, 1.54) is 10.8 Å². The molecule has 8 heteroatoms. The molecule has 2 aliphatic rings. The Kier molecular flexibility index (Phi) is 5.99. The van der Waals surface area contributed by atoms with Gasteiger partial charge in [-0.3, -0.25) is 14.3 Å². The summed E-state index contributed by atoms with van der Waals surface area (Å²) in [5.74, 6) is 0. The van der Waals surface area contributed by atoms with E-state index in [-0.39, 0.29) is 6.61 Å². The first-order valence-corrected chi connectivity index (χ1v) is 11.0. The highest BCUT2D eigenvalue weighted by Crippen LogP contribution is 2.48. The lowest BCUT2D eigenvalue weighted by atomic mass is 9.87. The predicted octanol–water partition coefficient (Wildman–Crippen LogP) is 2.31. The molecule has 172 valence electrons. The van der Waals surface area contributed by atoms with E-state index in [0.717, 1.165) is 11.1 Å². The first kappa shape index (κ1) is 21.8. The summed E-state index contributed by atoms with van der Waals surface area (Å²) in [7, 11) is 0. The van der Waals surface area contributed by atoms with Crippen LogP contribution in [-0.4, -0.2) is 40.6 Å². The van der Waals surface area contributed by atoms with Gasteiger partial charge in [-0.2, -0.15) is 0 Å². The summed E-state index contributed by atoms with van der Waals surface area (Å²) in [6.45, 7) is 3.06. The number of aromatic amines is 1. The van der Waals surface area contributed by atoms with Crippen molar-refractivity contribution in [1.82, 2.24) is 9.55 Å². The van der Waals surface area contributed by atoms with Gasteiger partial charge in [-0.05, 0) is 18.1 Å². The minimum Gasteiger partial charge on any atom is -0.374 e. The second-order valence-corrected chi connectivity index (χ2v) is 8.46. The fraction of sp³-hybridized carbons (Fsp3) is 0.360. The fourth-order valence-electron chi connectivity index (χ4n) is 4.33. The molecule has 33 heavy (non-hydrogen) atoms. The van der Waals surface area contributed by atoms with Gasteiger partial charge in [-0.15, -0.1) is 0 Å². The van der Waals surface area contributed by atoms with Gasteiger partial charge in [0.25, 0.3) is 5.56 Å². The maximum atomic E-state index is 12.5. The second kappa shape index (κ2) is 9.07. The molecule has 2 fully saturated rings. The van der Waals surface area contributed by atoms with Crippen LogP contribution in [-0.2, 0) is 32.2 Å². The number of rotatable bonds is 8. The number of ether oxygens (including phenoxy) is 4. The predicted molar refractivity (Wildman–Crippen MR) is 120 cm³/mol. The third kappa shape index (κ3) is 4.18. The van der Waals surface area contributed by atoms with E-state index >= 15 is 0 Å². The zero-order valence-electron chi connectivity index (χ0n) is 18.3. The van der Waals surface area contributed by atoms with Gasteiger partial charge in [0.1, 0.15) is 12.2 Å². The monoisotopic (exact) mass is 450 g/mol.